The van der Waals surface area contributed by atoms with E-state index in [0.29, 0.717) is 12.3 Å². The van der Waals surface area contributed by atoms with Crippen LogP contribution >= 0.6 is 15.9 Å². The lowest BCUT2D eigenvalue weighted by atomic mass is 10.3. The Hall–Kier alpha value is -0.370. The van der Waals surface area contributed by atoms with Crippen molar-refractivity contribution in [3.05, 3.63) is 16.5 Å². The van der Waals surface area contributed by atoms with Gasteiger partial charge in [-0.3, -0.25) is 0 Å². The number of sulfonamides is 1. The average Bonchev–Trinajstić information content (AvgIpc) is 3.04. The summed E-state index contributed by atoms with van der Waals surface area (Å²) in [4.78, 5) is 0.222. The molecule has 0 bridgehead atoms. The minimum Gasteiger partial charge on any atom is -0.452 e. The summed E-state index contributed by atoms with van der Waals surface area (Å²) >= 11 is 3.22. The quantitative estimate of drug-likeness (QED) is 0.842. The normalized spacial score (nSPS) is 17.2. The highest BCUT2D eigenvalue weighted by Crippen LogP contribution is 2.32. The van der Waals surface area contributed by atoms with E-state index in [1.165, 1.54) is 4.31 Å². The molecule has 1 heterocycles. The van der Waals surface area contributed by atoms with E-state index in [0.717, 1.165) is 32.2 Å². The molecule has 0 unspecified atom stereocenters. The first-order valence-corrected chi connectivity index (χ1v) is 9.17. The average molecular weight is 365 g/mol. The zero-order valence-electron chi connectivity index (χ0n) is 11.9. The van der Waals surface area contributed by atoms with Crippen molar-refractivity contribution in [2.75, 3.05) is 13.6 Å². The van der Waals surface area contributed by atoms with Crippen LogP contribution in [0.5, 0.6) is 0 Å². The third kappa shape index (κ3) is 3.27. The van der Waals surface area contributed by atoms with Gasteiger partial charge in [-0.25, -0.2) is 8.42 Å². The van der Waals surface area contributed by atoms with Gasteiger partial charge >= 0.3 is 0 Å². The van der Waals surface area contributed by atoms with Crippen molar-refractivity contribution >= 4 is 26.0 Å². The molecule has 0 aliphatic heterocycles. The lowest BCUT2D eigenvalue weighted by Crippen LogP contribution is -2.35. The number of halogens is 1. The molecule has 2 rings (SSSR count). The second kappa shape index (κ2) is 6.60. The molecule has 7 heteroatoms. The summed E-state index contributed by atoms with van der Waals surface area (Å²) in [5.41, 5.74) is 0. The summed E-state index contributed by atoms with van der Waals surface area (Å²) in [6.45, 7) is 3.32. The Kier molecular flexibility index (Phi) is 5.28. The Balaban J connectivity index is 2.22. The fourth-order valence-electron chi connectivity index (χ4n) is 2.53. The molecule has 0 spiro atoms. The van der Waals surface area contributed by atoms with E-state index in [1.807, 2.05) is 6.92 Å². The highest BCUT2D eigenvalue weighted by Gasteiger charge is 2.33. The lowest BCUT2D eigenvalue weighted by Gasteiger charge is -2.22. The Morgan fingerprint density at radius 1 is 1.45 bits per heavy atom. The Labute approximate surface area is 128 Å². The molecule has 20 heavy (non-hydrogen) atoms. The van der Waals surface area contributed by atoms with Crippen LogP contribution in [0.15, 0.2) is 20.0 Å². The Bertz CT molecular complexity index is 550. The Morgan fingerprint density at radius 3 is 2.70 bits per heavy atom. The van der Waals surface area contributed by atoms with Gasteiger partial charge in [-0.1, -0.05) is 19.8 Å². The first kappa shape index (κ1) is 16.0. The first-order chi connectivity index (χ1) is 9.46. The number of hydrogen-bond acceptors (Lipinski definition) is 4. The largest absolute Gasteiger partial charge is 0.452 e. The van der Waals surface area contributed by atoms with E-state index in [9.17, 15) is 8.42 Å². The van der Waals surface area contributed by atoms with Crippen molar-refractivity contribution in [1.82, 2.24) is 9.62 Å². The van der Waals surface area contributed by atoms with Crippen LogP contribution in [0.4, 0.5) is 0 Å². The van der Waals surface area contributed by atoms with Crippen LogP contribution in [0.3, 0.4) is 0 Å². The van der Waals surface area contributed by atoms with E-state index in [-0.39, 0.29) is 15.6 Å². The molecule has 1 N–H and O–H groups in total. The van der Waals surface area contributed by atoms with E-state index in [4.69, 9.17) is 4.42 Å². The number of rotatable bonds is 6. The van der Waals surface area contributed by atoms with Crippen molar-refractivity contribution < 1.29 is 12.8 Å². The molecular weight excluding hydrogens is 344 g/mol. The molecular formula is C13H21BrN2O3S. The van der Waals surface area contributed by atoms with Crippen LogP contribution in [0.25, 0.3) is 0 Å². The molecule has 1 aliphatic carbocycles. The van der Waals surface area contributed by atoms with Crippen LogP contribution in [0.1, 0.15) is 38.4 Å². The second-order valence-electron chi connectivity index (χ2n) is 5.09. The maximum absolute atomic E-state index is 12.6. The maximum atomic E-state index is 12.6. The number of nitrogens with one attached hydrogen (secondary N) is 1. The highest BCUT2D eigenvalue weighted by atomic mass is 79.9. The predicted octanol–water partition coefficient (Wildman–Crippen LogP) is 2.71. The lowest BCUT2D eigenvalue weighted by molar-refractivity contribution is 0.371. The van der Waals surface area contributed by atoms with Gasteiger partial charge in [0, 0.05) is 19.2 Å². The molecule has 0 amide bonds. The smallest absolute Gasteiger partial charge is 0.247 e. The molecule has 1 aliphatic rings. The maximum Gasteiger partial charge on any atom is 0.247 e. The van der Waals surface area contributed by atoms with Crippen LogP contribution in [0, 0.1) is 0 Å². The van der Waals surface area contributed by atoms with E-state index >= 15 is 0 Å². The fraction of sp³-hybridized carbons (Fsp3) is 0.692. The molecule has 1 saturated carbocycles. The van der Waals surface area contributed by atoms with Crippen molar-refractivity contribution in [3.63, 3.8) is 0 Å². The van der Waals surface area contributed by atoms with Crippen LogP contribution in [-0.2, 0) is 16.6 Å². The van der Waals surface area contributed by atoms with Crippen LogP contribution in [-0.4, -0.2) is 32.4 Å². The topological polar surface area (TPSA) is 62.6 Å². The summed E-state index contributed by atoms with van der Waals surface area (Å²) < 4.78 is 32.5. The third-order valence-electron chi connectivity index (χ3n) is 3.75. The minimum absolute atomic E-state index is 0.110. The van der Waals surface area contributed by atoms with Gasteiger partial charge in [-0.05, 0) is 35.3 Å². The first-order valence-electron chi connectivity index (χ1n) is 6.93. The zero-order valence-corrected chi connectivity index (χ0v) is 14.3. The van der Waals surface area contributed by atoms with Crippen molar-refractivity contribution in [2.24, 2.45) is 0 Å². The van der Waals surface area contributed by atoms with Crippen molar-refractivity contribution in [3.8, 4) is 0 Å². The SMILES string of the molecule is CCNCc1cc(S(=O)(=O)N(C)C2CCCC2)c(Br)o1. The van der Waals surface area contributed by atoms with E-state index < -0.39 is 10.0 Å². The number of hydrogen-bond donors (Lipinski definition) is 1. The molecule has 0 radical (unpaired) electrons. The molecule has 114 valence electrons. The number of nitrogens with zero attached hydrogens (tertiary/aromatic N) is 1. The summed E-state index contributed by atoms with van der Waals surface area (Å²) in [6, 6.07) is 1.71. The van der Waals surface area contributed by atoms with Gasteiger partial charge in [0.1, 0.15) is 10.7 Å². The summed E-state index contributed by atoms with van der Waals surface area (Å²) in [6.07, 6.45) is 4.08. The molecule has 1 aromatic rings. The Morgan fingerprint density at radius 2 is 2.10 bits per heavy atom. The summed E-state index contributed by atoms with van der Waals surface area (Å²) in [5.74, 6) is 0.622. The van der Waals surface area contributed by atoms with E-state index in [1.54, 1.807) is 13.1 Å². The van der Waals surface area contributed by atoms with Crippen LogP contribution in [0.2, 0.25) is 0 Å². The molecule has 1 fully saturated rings. The van der Waals surface area contributed by atoms with Crippen molar-refractivity contribution in [2.45, 2.75) is 50.1 Å². The minimum atomic E-state index is -3.49. The third-order valence-corrected chi connectivity index (χ3v) is 6.52. The van der Waals surface area contributed by atoms with Gasteiger partial charge in [-0.2, -0.15) is 4.31 Å². The van der Waals surface area contributed by atoms with Gasteiger partial charge in [-0.15, -0.1) is 0 Å². The monoisotopic (exact) mass is 364 g/mol. The van der Waals surface area contributed by atoms with Crippen LogP contribution < -0.4 is 5.32 Å². The molecule has 0 aromatic carbocycles. The fourth-order valence-corrected chi connectivity index (χ4v) is 4.90. The van der Waals surface area contributed by atoms with Gasteiger partial charge in [0.2, 0.25) is 10.0 Å². The standard InChI is InChI=1S/C13H21BrN2O3S/c1-3-15-9-11-8-12(13(14)19-11)20(17,18)16(2)10-6-4-5-7-10/h8,10,15H,3-7,9H2,1-2H3. The summed E-state index contributed by atoms with van der Waals surface area (Å²) in [5, 5.41) is 3.12. The molecule has 0 saturated heterocycles. The molecule has 5 nitrogen and oxygen atoms in total. The van der Waals surface area contributed by atoms with Gasteiger partial charge in [0.05, 0.1) is 6.54 Å². The zero-order chi connectivity index (χ0) is 14.8. The van der Waals surface area contributed by atoms with Gasteiger partial charge in [0.15, 0.2) is 4.67 Å². The van der Waals surface area contributed by atoms with Crippen molar-refractivity contribution in [1.29, 1.82) is 0 Å². The summed E-state index contributed by atoms with van der Waals surface area (Å²) in [7, 11) is -1.83. The van der Waals surface area contributed by atoms with E-state index in [2.05, 4.69) is 21.2 Å². The highest BCUT2D eigenvalue weighted by molar-refractivity contribution is 9.10. The molecule has 1 aromatic heterocycles. The number of furan rings is 1. The predicted molar refractivity (Wildman–Crippen MR) is 81.0 cm³/mol. The van der Waals surface area contributed by atoms with Gasteiger partial charge < -0.3 is 9.73 Å². The second-order valence-corrected chi connectivity index (χ2v) is 7.78. The molecule has 0 atom stereocenters. The van der Waals surface area contributed by atoms with Gasteiger partial charge in [0.25, 0.3) is 0 Å².